The van der Waals surface area contributed by atoms with Crippen molar-refractivity contribution in [1.82, 2.24) is 4.57 Å². The molecule has 2 heterocycles. The van der Waals surface area contributed by atoms with Gasteiger partial charge in [-0.25, -0.2) is 0 Å². The number of rotatable bonds is 8. The Morgan fingerprint density at radius 3 is 2.56 bits per heavy atom. The molecule has 0 unspecified atom stereocenters. The van der Waals surface area contributed by atoms with Gasteiger partial charge in [0, 0.05) is 49.2 Å². The van der Waals surface area contributed by atoms with Crippen molar-refractivity contribution < 1.29 is 24.2 Å². The van der Waals surface area contributed by atoms with E-state index in [1.165, 1.54) is 6.92 Å². The van der Waals surface area contributed by atoms with E-state index >= 15 is 0 Å². The molecule has 0 aliphatic carbocycles. The minimum absolute atomic E-state index is 0.0440. The second kappa shape index (κ2) is 10.7. The molecule has 0 saturated heterocycles. The minimum atomic E-state index is -0.664. The molecular formula is C27H30N2O5. The number of ether oxygens (including phenoxy) is 2. The van der Waals surface area contributed by atoms with Crippen molar-refractivity contribution in [1.29, 1.82) is 0 Å². The molecule has 0 spiro atoms. The molecule has 0 fully saturated rings. The third-order valence-electron chi connectivity index (χ3n) is 6.11. The van der Waals surface area contributed by atoms with E-state index in [9.17, 15) is 14.7 Å². The van der Waals surface area contributed by atoms with Gasteiger partial charge in [-0.2, -0.15) is 0 Å². The predicted molar refractivity (Wildman–Crippen MR) is 130 cm³/mol. The van der Waals surface area contributed by atoms with E-state index in [-0.39, 0.29) is 36.0 Å². The van der Waals surface area contributed by atoms with Crippen LogP contribution in [0.4, 0.5) is 5.69 Å². The number of hydrogen-bond donors (Lipinski definition) is 2. The topological polar surface area (TPSA) is 89.8 Å². The lowest BCUT2D eigenvalue weighted by Gasteiger charge is -2.36. The number of nitrogens with zero attached hydrogens (tertiary/aromatic N) is 1. The van der Waals surface area contributed by atoms with Gasteiger partial charge in [-0.3, -0.25) is 14.2 Å². The van der Waals surface area contributed by atoms with Crippen LogP contribution < -0.4 is 5.32 Å². The Labute approximate surface area is 199 Å². The molecule has 7 nitrogen and oxygen atoms in total. The van der Waals surface area contributed by atoms with Crippen molar-refractivity contribution in [2.75, 3.05) is 18.5 Å². The zero-order valence-electron chi connectivity index (χ0n) is 19.4. The Morgan fingerprint density at radius 2 is 1.85 bits per heavy atom. The first-order valence-electron chi connectivity index (χ1n) is 11.6. The van der Waals surface area contributed by atoms with Crippen LogP contribution in [-0.2, 0) is 14.3 Å². The lowest BCUT2D eigenvalue weighted by molar-refractivity contribution is -0.164. The average molecular weight is 463 g/mol. The van der Waals surface area contributed by atoms with Crippen molar-refractivity contribution in [3.05, 3.63) is 78.2 Å². The molecule has 0 bridgehead atoms. The van der Waals surface area contributed by atoms with Crippen molar-refractivity contribution in [2.24, 2.45) is 5.92 Å². The summed E-state index contributed by atoms with van der Waals surface area (Å²) in [5.41, 5.74) is 2.40. The van der Waals surface area contributed by atoms with Crippen LogP contribution in [0.15, 0.2) is 72.6 Å². The maximum atomic E-state index is 13.1. The van der Waals surface area contributed by atoms with Crippen LogP contribution in [0.5, 0.6) is 0 Å². The van der Waals surface area contributed by atoms with Crippen LogP contribution in [0, 0.1) is 5.92 Å². The Hall–Kier alpha value is -3.42. The third-order valence-corrected chi connectivity index (χ3v) is 6.11. The number of carbonyl (C=O) groups excluding carboxylic acids is 2. The summed E-state index contributed by atoms with van der Waals surface area (Å²) >= 11 is 0. The van der Waals surface area contributed by atoms with Gasteiger partial charge in [0.25, 0.3) is 5.91 Å². The molecule has 3 aromatic rings. The third kappa shape index (κ3) is 4.90. The normalized spacial score (nSPS) is 20.0. The number of amides is 1. The number of aliphatic hydroxyl groups is 1. The summed E-state index contributed by atoms with van der Waals surface area (Å²) in [6.07, 6.45) is 4.21. The van der Waals surface area contributed by atoms with Gasteiger partial charge in [-0.1, -0.05) is 36.4 Å². The molecule has 0 saturated carbocycles. The van der Waals surface area contributed by atoms with E-state index in [2.05, 4.69) is 5.32 Å². The highest BCUT2D eigenvalue weighted by atomic mass is 16.7. The zero-order valence-corrected chi connectivity index (χ0v) is 19.4. The smallest absolute Gasteiger partial charge is 0.290 e. The van der Waals surface area contributed by atoms with Crippen LogP contribution in [0.2, 0.25) is 0 Å². The van der Waals surface area contributed by atoms with Gasteiger partial charge in [0.05, 0.1) is 5.52 Å². The number of allylic oxidation sites excluding steroid dienone is 1. The van der Waals surface area contributed by atoms with Crippen molar-refractivity contribution in [3.63, 3.8) is 0 Å². The molecule has 1 aliphatic rings. The standard InChI is InChI=1S/C27H30N2O5/c1-3-33-27-21(13-9-15-30)22(16-25(34-27)26(32)28-19-10-5-4-6-11-19)23-17-29(18(2)31)24-14-8-7-12-20(23)24/h4-8,10-12,14,16-17,21-22,27,30H,3,9,13,15H2,1-2H3,(H,28,32)/t21-,22-,27+/m1/s1. The molecule has 4 rings (SSSR count). The molecule has 3 atom stereocenters. The van der Waals surface area contributed by atoms with Crippen LogP contribution in [0.1, 0.15) is 43.0 Å². The highest BCUT2D eigenvalue weighted by molar-refractivity contribution is 6.02. The molecule has 1 aromatic heterocycles. The summed E-state index contributed by atoms with van der Waals surface area (Å²) in [5.74, 6) is -0.678. The van der Waals surface area contributed by atoms with E-state index in [1.807, 2.05) is 73.8 Å². The SMILES string of the molecule is CCO[C@H]1OC(C(=O)Nc2ccccc2)=C[C@@H](c2cn(C(C)=O)c3ccccc23)[C@H]1CCCO. The lowest BCUT2D eigenvalue weighted by Crippen LogP contribution is -2.37. The second-order valence-corrected chi connectivity index (χ2v) is 8.34. The first kappa shape index (κ1) is 23.7. The summed E-state index contributed by atoms with van der Waals surface area (Å²) in [5, 5.41) is 13.3. The van der Waals surface area contributed by atoms with Crippen molar-refractivity contribution in [3.8, 4) is 0 Å². The Bertz CT molecular complexity index is 1180. The van der Waals surface area contributed by atoms with Gasteiger partial charge in [0.2, 0.25) is 12.2 Å². The van der Waals surface area contributed by atoms with Gasteiger partial charge in [-0.05, 0) is 49.6 Å². The molecule has 1 aliphatic heterocycles. The quantitative estimate of drug-likeness (QED) is 0.507. The van der Waals surface area contributed by atoms with E-state index in [4.69, 9.17) is 9.47 Å². The van der Waals surface area contributed by atoms with Gasteiger partial charge < -0.3 is 19.9 Å². The summed E-state index contributed by atoms with van der Waals surface area (Å²) in [6.45, 7) is 3.87. The van der Waals surface area contributed by atoms with Gasteiger partial charge in [0.1, 0.15) is 0 Å². The molecule has 2 N–H and O–H groups in total. The fourth-order valence-corrected chi connectivity index (χ4v) is 4.57. The number of nitrogens with one attached hydrogen (secondary N) is 1. The Kier molecular flexibility index (Phi) is 7.45. The van der Waals surface area contributed by atoms with Crippen molar-refractivity contribution in [2.45, 2.75) is 38.9 Å². The molecule has 34 heavy (non-hydrogen) atoms. The van der Waals surface area contributed by atoms with Crippen LogP contribution in [0.3, 0.4) is 0 Å². The number of benzene rings is 2. The van der Waals surface area contributed by atoms with Gasteiger partial charge >= 0.3 is 0 Å². The maximum absolute atomic E-state index is 13.1. The number of fused-ring (bicyclic) bond motifs is 1. The monoisotopic (exact) mass is 462 g/mol. The van der Waals surface area contributed by atoms with Crippen LogP contribution in [-0.4, -0.2) is 41.0 Å². The zero-order chi connectivity index (χ0) is 24.1. The number of hydrogen-bond acceptors (Lipinski definition) is 5. The van der Waals surface area contributed by atoms with Crippen LogP contribution in [0.25, 0.3) is 10.9 Å². The number of para-hydroxylation sites is 2. The molecule has 7 heteroatoms. The molecule has 1 amide bonds. The summed E-state index contributed by atoms with van der Waals surface area (Å²) < 4.78 is 13.6. The largest absolute Gasteiger partial charge is 0.459 e. The molecule has 0 radical (unpaired) electrons. The predicted octanol–water partition coefficient (Wildman–Crippen LogP) is 4.69. The maximum Gasteiger partial charge on any atom is 0.290 e. The minimum Gasteiger partial charge on any atom is -0.459 e. The first-order chi connectivity index (χ1) is 16.5. The highest BCUT2D eigenvalue weighted by Crippen LogP contribution is 2.42. The van der Waals surface area contributed by atoms with E-state index in [0.717, 1.165) is 16.5 Å². The first-order valence-corrected chi connectivity index (χ1v) is 11.6. The summed E-state index contributed by atoms with van der Waals surface area (Å²) in [7, 11) is 0. The number of carbonyl (C=O) groups is 2. The molecule has 2 aromatic carbocycles. The number of anilines is 1. The molecule has 178 valence electrons. The average Bonchev–Trinajstić information content (AvgIpc) is 3.23. The summed E-state index contributed by atoms with van der Waals surface area (Å²) in [6, 6.07) is 16.9. The fourth-order valence-electron chi connectivity index (χ4n) is 4.57. The van der Waals surface area contributed by atoms with Crippen molar-refractivity contribution >= 4 is 28.4 Å². The molecular weight excluding hydrogens is 432 g/mol. The number of aliphatic hydroxyl groups excluding tert-OH is 1. The van der Waals surface area contributed by atoms with Gasteiger partial charge in [0.15, 0.2) is 5.76 Å². The Balaban J connectivity index is 1.80. The Morgan fingerprint density at radius 1 is 1.12 bits per heavy atom. The second-order valence-electron chi connectivity index (χ2n) is 8.34. The fraction of sp³-hybridized carbons (Fsp3) is 0.333. The summed E-state index contributed by atoms with van der Waals surface area (Å²) in [4.78, 5) is 25.5. The lowest BCUT2D eigenvalue weighted by atomic mass is 9.80. The number of aromatic nitrogens is 1. The highest BCUT2D eigenvalue weighted by Gasteiger charge is 2.39. The van der Waals surface area contributed by atoms with E-state index in [0.29, 0.717) is 25.1 Å². The van der Waals surface area contributed by atoms with Crippen LogP contribution >= 0.6 is 0 Å². The van der Waals surface area contributed by atoms with Gasteiger partial charge in [-0.15, -0.1) is 0 Å². The van der Waals surface area contributed by atoms with E-state index in [1.54, 1.807) is 4.57 Å². The van der Waals surface area contributed by atoms with E-state index < -0.39 is 6.29 Å².